The summed E-state index contributed by atoms with van der Waals surface area (Å²) < 4.78 is 0. The summed E-state index contributed by atoms with van der Waals surface area (Å²) in [6.45, 7) is 0.855. The van der Waals surface area contributed by atoms with E-state index in [0.717, 1.165) is 18.7 Å². The van der Waals surface area contributed by atoms with Gasteiger partial charge >= 0.3 is 0 Å². The number of carbonyl (C=O) groups excluding carboxylic acids is 1. The molecule has 2 aliphatic rings. The van der Waals surface area contributed by atoms with E-state index in [0.29, 0.717) is 5.92 Å². The number of para-hydroxylation sites is 1. The minimum absolute atomic E-state index is 0.0798. The predicted octanol–water partition coefficient (Wildman–Crippen LogP) is 2.33. The molecule has 0 unspecified atom stereocenters. The number of amides is 1. The highest BCUT2D eigenvalue weighted by atomic mass is 16.2. The van der Waals surface area contributed by atoms with E-state index >= 15 is 0 Å². The van der Waals surface area contributed by atoms with Crippen molar-refractivity contribution in [1.82, 2.24) is 5.32 Å². The van der Waals surface area contributed by atoms with Gasteiger partial charge < -0.3 is 10.6 Å². The SMILES string of the molecule is O=C(NCC1CCCC1)[C@@H]1Cc2ccccc2N1. The maximum atomic E-state index is 12.1. The second kappa shape index (κ2) is 5.01. The number of nitrogens with one attached hydrogen (secondary N) is 2. The van der Waals surface area contributed by atoms with Gasteiger partial charge in [0.15, 0.2) is 0 Å². The van der Waals surface area contributed by atoms with Crippen LogP contribution in [0.1, 0.15) is 31.2 Å². The molecule has 1 saturated carbocycles. The highest BCUT2D eigenvalue weighted by Gasteiger charge is 2.26. The lowest BCUT2D eigenvalue weighted by Gasteiger charge is -2.14. The van der Waals surface area contributed by atoms with Crippen LogP contribution in [0, 0.1) is 5.92 Å². The lowest BCUT2D eigenvalue weighted by molar-refractivity contribution is -0.121. The number of anilines is 1. The molecule has 3 heteroatoms. The summed E-state index contributed by atoms with van der Waals surface area (Å²) in [4.78, 5) is 12.1. The van der Waals surface area contributed by atoms with Crippen LogP contribution in [0.25, 0.3) is 0 Å². The third-order valence-corrected chi connectivity index (χ3v) is 4.13. The van der Waals surface area contributed by atoms with E-state index in [9.17, 15) is 4.79 Å². The van der Waals surface area contributed by atoms with Gasteiger partial charge in [-0.2, -0.15) is 0 Å². The van der Waals surface area contributed by atoms with E-state index in [1.165, 1.54) is 31.2 Å². The van der Waals surface area contributed by atoms with Crippen LogP contribution in [0.5, 0.6) is 0 Å². The van der Waals surface area contributed by atoms with Gasteiger partial charge in [0.2, 0.25) is 5.91 Å². The fourth-order valence-electron chi connectivity index (χ4n) is 3.04. The maximum Gasteiger partial charge on any atom is 0.242 e. The van der Waals surface area contributed by atoms with Crippen molar-refractivity contribution < 1.29 is 4.79 Å². The molecule has 0 aromatic heterocycles. The molecule has 0 spiro atoms. The largest absolute Gasteiger partial charge is 0.373 e. The molecule has 0 bridgehead atoms. The zero-order valence-corrected chi connectivity index (χ0v) is 10.6. The van der Waals surface area contributed by atoms with Crippen LogP contribution in [0.15, 0.2) is 24.3 Å². The molecule has 1 heterocycles. The minimum Gasteiger partial charge on any atom is -0.373 e. The Hall–Kier alpha value is -1.51. The van der Waals surface area contributed by atoms with Crippen molar-refractivity contribution in [3.05, 3.63) is 29.8 Å². The van der Waals surface area contributed by atoms with Crippen molar-refractivity contribution in [2.45, 2.75) is 38.1 Å². The van der Waals surface area contributed by atoms with Crippen LogP contribution in [0.2, 0.25) is 0 Å². The Morgan fingerprint density at radius 1 is 1.28 bits per heavy atom. The Bertz CT molecular complexity index is 413. The van der Waals surface area contributed by atoms with Crippen molar-refractivity contribution in [2.75, 3.05) is 11.9 Å². The van der Waals surface area contributed by atoms with E-state index in [-0.39, 0.29) is 11.9 Å². The van der Waals surface area contributed by atoms with Gasteiger partial charge in [-0.25, -0.2) is 0 Å². The summed E-state index contributed by atoms with van der Waals surface area (Å²) in [5.41, 5.74) is 2.36. The number of hydrogen-bond donors (Lipinski definition) is 2. The smallest absolute Gasteiger partial charge is 0.242 e. The summed E-state index contributed by atoms with van der Waals surface area (Å²) in [5.74, 6) is 0.857. The fraction of sp³-hybridized carbons (Fsp3) is 0.533. The predicted molar refractivity (Wildman–Crippen MR) is 72.5 cm³/mol. The molecule has 3 rings (SSSR count). The molecule has 1 fully saturated rings. The molecule has 1 aliphatic carbocycles. The van der Waals surface area contributed by atoms with Crippen molar-refractivity contribution >= 4 is 11.6 Å². The van der Waals surface area contributed by atoms with Crippen LogP contribution < -0.4 is 10.6 Å². The molecular formula is C15H20N2O. The lowest BCUT2D eigenvalue weighted by atomic mass is 10.1. The van der Waals surface area contributed by atoms with E-state index in [1.54, 1.807) is 0 Å². The molecule has 0 radical (unpaired) electrons. The minimum atomic E-state index is -0.0798. The van der Waals surface area contributed by atoms with Crippen LogP contribution in [-0.4, -0.2) is 18.5 Å². The van der Waals surface area contributed by atoms with Gasteiger partial charge in [0, 0.05) is 18.7 Å². The first-order valence-corrected chi connectivity index (χ1v) is 6.95. The van der Waals surface area contributed by atoms with Crippen LogP contribution in [0.3, 0.4) is 0 Å². The van der Waals surface area contributed by atoms with Crippen molar-refractivity contribution in [2.24, 2.45) is 5.92 Å². The quantitative estimate of drug-likeness (QED) is 0.857. The topological polar surface area (TPSA) is 41.1 Å². The van der Waals surface area contributed by atoms with Gasteiger partial charge in [-0.3, -0.25) is 4.79 Å². The first-order valence-electron chi connectivity index (χ1n) is 6.95. The van der Waals surface area contributed by atoms with Gasteiger partial charge in [-0.15, -0.1) is 0 Å². The van der Waals surface area contributed by atoms with Gasteiger partial charge in [-0.1, -0.05) is 31.0 Å². The van der Waals surface area contributed by atoms with Gasteiger partial charge in [-0.05, 0) is 30.4 Å². The molecule has 1 atom stereocenters. The van der Waals surface area contributed by atoms with E-state index in [4.69, 9.17) is 0 Å². The molecule has 1 aromatic rings. The molecule has 0 saturated heterocycles. The summed E-state index contributed by atoms with van der Waals surface area (Å²) in [7, 11) is 0. The molecule has 1 aliphatic heterocycles. The van der Waals surface area contributed by atoms with Crippen molar-refractivity contribution in [1.29, 1.82) is 0 Å². The highest BCUT2D eigenvalue weighted by Crippen LogP contribution is 2.26. The fourth-order valence-corrected chi connectivity index (χ4v) is 3.04. The van der Waals surface area contributed by atoms with Gasteiger partial charge in [0.05, 0.1) is 0 Å². The molecule has 2 N–H and O–H groups in total. The second-order valence-corrected chi connectivity index (χ2v) is 5.45. The second-order valence-electron chi connectivity index (χ2n) is 5.45. The van der Waals surface area contributed by atoms with Crippen molar-refractivity contribution in [3.8, 4) is 0 Å². The van der Waals surface area contributed by atoms with Gasteiger partial charge in [0.1, 0.15) is 6.04 Å². The zero-order valence-electron chi connectivity index (χ0n) is 10.6. The Morgan fingerprint density at radius 3 is 2.83 bits per heavy atom. The van der Waals surface area contributed by atoms with Gasteiger partial charge in [0.25, 0.3) is 0 Å². The Morgan fingerprint density at radius 2 is 2.06 bits per heavy atom. The summed E-state index contributed by atoms with van der Waals surface area (Å²) in [5, 5.41) is 6.40. The van der Waals surface area contributed by atoms with E-state index < -0.39 is 0 Å². The number of rotatable bonds is 3. The molecule has 1 aromatic carbocycles. The van der Waals surface area contributed by atoms with E-state index in [2.05, 4.69) is 16.7 Å². The number of hydrogen-bond acceptors (Lipinski definition) is 2. The summed E-state index contributed by atoms with van der Waals surface area (Å²) >= 11 is 0. The first kappa shape index (κ1) is 11.6. The Kier molecular flexibility index (Phi) is 3.22. The number of fused-ring (bicyclic) bond motifs is 1. The normalized spacial score (nSPS) is 22.6. The number of carbonyl (C=O) groups is 1. The standard InChI is InChI=1S/C15H20N2O/c18-15(16-10-11-5-1-2-6-11)14-9-12-7-3-4-8-13(12)17-14/h3-4,7-8,11,14,17H,1-2,5-6,9-10H2,(H,16,18)/t14-/m0/s1. The van der Waals surface area contributed by atoms with E-state index in [1.807, 2.05) is 18.2 Å². The van der Waals surface area contributed by atoms with Crippen LogP contribution >= 0.6 is 0 Å². The molecular weight excluding hydrogens is 224 g/mol. The lowest BCUT2D eigenvalue weighted by Crippen LogP contribution is -2.40. The van der Waals surface area contributed by atoms with Crippen LogP contribution in [-0.2, 0) is 11.2 Å². The molecule has 1 amide bonds. The summed E-state index contributed by atoms with van der Waals surface area (Å²) in [6, 6.07) is 8.08. The third kappa shape index (κ3) is 2.35. The van der Waals surface area contributed by atoms with Crippen LogP contribution in [0.4, 0.5) is 5.69 Å². The maximum absolute atomic E-state index is 12.1. The monoisotopic (exact) mass is 244 g/mol. The average molecular weight is 244 g/mol. The van der Waals surface area contributed by atoms with Crippen molar-refractivity contribution in [3.63, 3.8) is 0 Å². The average Bonchev–Trinajstić information content (AvgIpc) is 3.04. The highest BCUT2D eigenvalue weighted by molar-refractivity contribution is 5.87. The Labute approximate surface area is 108 Å². The first-order chi connectivity index (χ1) is 8.83. The zero-order chi connectivity index (χ0) is 12.4. The number of benzene rings is 1. The Balaban J connectivity index is 1.52. The molecule has 18 heavy (non-hydrogen) atoms. The third-order valence-electron chi connectivity index (χ3n) is 4.13. The molecule has 96 valence electrons. The summed E-state index contributed by atoms with van der Waals surface area (Å²) in [6.07, 6.45) is 6.02. The molecule has 3 nitrogen and oxygen atoms in total.